The van der Waals surface area contributed by atoms with Gasteiger partial charge in [-0.1, -0.05) is 0 Å². The molecular weight excluding hydrogens is 222 g/mol. The van der Waals surface area contributed by atoms with Crippen molar-refractivity contribution in [1.29, 1.82) is 0 Å². The number of aromatic nitrogens is 1. The number of aromatic amines is 1. The number of aliphatic imine (C=N–C) groups is 1. The van der Waals surface area contributed by atoms with E-state index in [0.717, 1.165) is 5.69 Å². The summed E-state index contributed by atoms with van der Waals surface area (Å²) in [6.45, 7) is 0. The quantitative estimate of drug-likeness (QED) is 0.482. The minimum Gasteiger partial charge on any atom is -0.506 e. The van der Waals surface area contributed by atoms with Crippen molar-refractivity contribution in [1.82, 2.24) is 4.98 Å². The lowest BCUT2D eigenvalue weighted by molar-refractivity contribution is -0.384. The SMILES string of the molecule is O=[N+]([O-])c1ccc(O)c(/N=C/c2ccc[nH]2)c1. The molecule has 0 radical (unpaired) electrons. The molecule has 0 fully saturated rings. The Balaban J connectivity index is 2.31. The average molecular weight is 231 g/mol. The van der Waals surface area contributed by atoms with Crippen molar-refractivity contribution in [3.8, 4) is 5.75 Å². The first-order chi connectivity index (χ1) is 8.16. The van der Waals surface area contributed by atoms with Gasteiger partial charge in [0, 0.05) is 18.3 Å². The first-order valence-corrected chi connectivity index (χ1v) is 4.81. The molecule has 2 rings (SSSR count). The smallest absolute Gasteiger partial charge is 0.271 e. The fourth-order valence-electron chi connectivity index (χ4n) is 1.29. The molecule has 0 unspecified atom stereocenters. The Bertz CT molecular complexity index is 561. The number of nitrogens with zero attached hydrogens (tertiary/aromatic N) is 2. The molecule has 1 aromatic heterocycles. The summed E-state index contributed by atoms with van der Waals surface area (Å²) in [5.74, 6) is -0.0987. The lowest BCUT2D eigenvalue weighted by atomic mass is 10.2. The fourth-order valence-corrected chi connectivity index (χ4v) is 1.29. The van der Waals surface area contributed by atoms with E-state index < -0.39 is 4.92 Å². The highest BCUT2D eigenvalue weighted by Gasteiger charge is 2.08. The number of nitro benzene ring substituents is 1. The standard InChI is InChI=1S/C11H9N3O3/c15-11-4-3-9(14(16)17)6-10(11)13-7-8-2-1-5-12-8/h1-7,12,15H/b13-7+. The average Bonchev–Trinajstić information content (AvgIpc) is 2.80. The Morgan fingerprint density at radius 3 is 2.88 bits per heavy atom. The third kappa shape index (κ3) is 2.49. The molecule has 0 atom stereocenters. The second-order valence-corrected chi connectivity index (χ2v) is 3.31. The highest BCUT2D eigenvalue weighted by Crippen LogP contribution is 2.30. The predicted octanol–water partition coefficient (Wildman–Crippen LogP) is 2.38. The van der Waals surface area contributed by atoms with Crippen molar-refractivity contribution in [2.45, 2.75) is 0 Å². The van der Waals surface area contributed by atoms with Crippen molar-refractivity contribution in [3.63, 3.8) is 0 Å². The van der Waals surface area contributed by atoms with Gasteiger partial charge in [-0.3, -0.25) is 15.1 Å². The molecule has 6 nitrogen and oxygen atoms in total. The van der Waals surface area contributed by atoms with E-state index in [0.29, 0.717) is 0 Å². The maximum Gasteiger partial charge on any atom is 0.271 e. The summed E-state index contributed by atoms with van der Waals surface area (Å²) < 4.78 is 0. The summed E-state index contributed by atoms with van der Waals surface area (Å²) in [5.41, 5.74) is 0.797. The summed E-state index contributed by atoms with van der Waals surface area (Å²) in [5, 5.41) is 20.1. The molecule has 0 aliphatic carbocycles. The van der Waals surface area contributed by atoms with E-state index in [1.165, 1.54) is 24.4 Å². The van der Waals surface area contributed by atoms with Crippen LogP contribution >= 0.6 is 0 Å². The minimum absolute atomic E-state index is 0.0987. The van der Waals surface area contributed by atoms with Crippen molar-refractivity contribution in [2.75, 3.05) is 0 Å². The van der Waals surface area contributed by atoms with Crippen LogP contribution in [0, 0.1) is 10.1 Å². The number of hydrogen-bond acceptors (Lipinski definition) is 4. The van der Waals surface area contributed by atoms with Gasteiger partial charge >= 0.3 is 0 Å². The number of phenolic OH excluding ortho intramolecular Hbond substituents is 1. The lowest BCUT2D eigenvalue weighted by Crippen LogP contribution is -1.87. The first kappa shape index (κ1) is 10.9. The summed E-state index contributed by atoms with van der Waals surface area (Å²) in [6, 6.07) is 7.28. The maximum absolute atomic E-state index is 10.6. The number of nitro groups is 1. The maximum atomic E-state index is 10.6. The van der Waals surface area contributed by atoms with Crippen LogP contribution in [0.4, 0.5) is 11.4 Å². The van der Waals surface area contributed by atoms with Gasteiger partial charge < -0.3 is 10.1 Å². The Morgan fingerprint density at radius 2 is 2.24 bits per heavy atom. The molecule has 0 saturated carbocycles. The van der Waals surface area contributed by atoms with Crippen molar-refractivity contribution in [3.05, 3.63) is 52.3 Å². The lowest BCUT2D eigenvalue weighted by Gasteiger charge is -1.98. The van der Waals surface area contributed by atoms with Crippen LogP contribution in [0.5, 0.6) is 5.75 Å². The summed E-state index contributed by atoms with van der Waals surface area (Å²) in [7, 11) is 0. The molecule has 0 saturated heterocycles. The fraction of sp³-hybridized carbons (Fsp3) is 0. The van der Waals surface area contributed by atoms with E-state index in [1.54, 1.807) is 18.3 Å². The van der Waals surface area contributed by atoms with Crippen LogP contribution < -0.4 is 0 Å². The van der Waals surface area contributed by atoms with E-state index in [9.17, 15) is 15.2 Å². The molecule has 0 aliphatic heterocycles. The molecule has 2 aromatic rings. The van der Waals surface area contributed by atoms with Gasteiger partial charge in [-0.2, -0.15) is 0 Å². The zero-order valence-electron chi connectivity index (χ0n) is 8.70. The molecule has 0 amide bonds. The van der Waals surface area contributed by atoms with E-state index in [-0.39, 0.29) is 17.1 Å². The molecular formula is C11H9N3O3. The third-order valence-electron chi connectivity index (χ3n) is 2.13. The van der Waals surface area contributed by atoms with Crippen LogP contribution in [0.2, 0.25) is 0 Å². The first-order valence-electron chi connectivity index (χ1n) is 4.81. The van der Waals surface area contributed by atoms with Gasteiger partial charge in [0.1, 0.15) is 11.4 Å². The number of nitrogens with one attached hydrogen (secondary N) is 1. The molecule has 1 heterocycles. The Morgan fingerprint density at radius 1 is 1.41 bits per heavy atom. The largest absolute Gasteiger partial charge is 0.506 e. The van der Waals surface area contributed by atoms with E-state index >= 15 is 0 Å². The van der Waals surface area contributed by atoms with Crippen LogP contribution in [0.25, 0.3) is 0 Å². The second-order valence-electron chi connectivity index (χ2n) is 3.31. The highest BCUT2D eigenvalue weighted by atomic mass is 16.6. The summed E-state index contributed by atoms with van der Waals surface area (Å²) in [6.07, 6.45) is 3.22. The number of aromatic hydroxyl groups is 1. The Hall–Kier alpha value is -2.63. The van der Waals surface area contributed by atoms with E-state index in [4.69, 9.17) is 0 Å². The van der Waals surface area contributed by atoms with Crippen LogP contribution in [0.3, 0.4) is 0 Å². The zero-order valence-corrected chi connectivity index (χ0v) is 8.70. The number of benzene rings is 1. The third-order valence-corrected chi connectivity index (χ3v) is 2.13. The molecule has 86 valence electrons. The zero-order chi connectivity index (χ0) is 12.3. The van der Waals surface area contributed by atoms with Crippen molar-refractivity contribution in [2.24, 2.45) is 4.99 Å². The molecule has 17 heavy (non-hydrogen) atoms. The van der Waals surface area contributed by atoms with Crippen LogP contribution in [0.15, 0.2) is 41.5 Å². The van der Waals surface area contributed by atoms with E-state index in [2.05, 4.69) is 9.98 Å². The van der Waals surface area contributed by atoms with Gasteiger partial charge in [-0.25, -0.2) is 0 Å². The van der Waals surface area contributed by atoms with Gasteiger partial charge in [0.2, 0.25) is 0 Å². The number of hydrogen-bond donors (Lipinski definition) is 2. The number of rotatable bonds is 3. The molecule has 2 N–H and O–H groups in total. The highest BCUT2D eigenvalue weighted by molar-refractivity contribution is 5.80. The number of H-pyrrole nitrogens is 1. The topological polar surface area (TPSA) is 91.5 Å². The van der Waals surface area contributed by atoms with Crippen LogP contribution in [0.1, 0.15) is 5.69 Å². The van der Waals surface area contributed by atoms with E-state index in [1.807, 2.05) is 0 Å². The minimum atomic E-state index is -0.535. The molecule has 0 aliphatic rings. The van der Waals surface area contributed by atoms with Crippen molar-refractivity contribution >= 4 is 17.6 Å². The summed E-state index contributed by atoms with van der Waals surface area (Å²) >= 11 is 0. The number of non-ortho nitro benzene ring substituents is 1. The number of phenols is 1. The van der Waals surface area contributed by atoms with Gasteiger partial charge in [0.05, 0.1) is 16.8 Å². The van der Waals surface area contributed by atoms with Crippen molar-refractivity contribution < 1.29 is 10.0 Å². The second kappa shape index (κ2) is 4.48. The Kier molecular flexibility index (Phi) is 2.87. The molecule has 0 spiro atoms. The van der Waals surface area contributed by atoms with Gasteiger partial charge in [0.25, 0.3) is 5.69 Å². The molecule has 1 aromatic carbocycles. The summed E-state index contributed by atoms with van der Waals surface area (Å²) in [4.78, 5) is 16.9. The Labute approximate surface area is 96.4 Å². The molecule has 0 bridgehead atoms. The van der Waals surface area contributed by atoms with Gasteiger partial charge in [-0.05, 0) is 18.2 Å². The normalized spacial score (nSPS) is 10.8. The van der Waals surface area contributed by atoms with Crippen LogP contribution in [-0.2, 0) is 0 Å². The van der Waals surface area contributed by atoms with Gasteiger partial charge in [-0.15, -0.1) is 0 Å². The molecule has 6 heteroatoms. The van der Waals surface area contributed by atoms with Crippen LogP contribution in [-0.4, -0.2) is 21.2 Å². The predicted molar refractivity (Wildman–Crippen MR) is 62.8 cm³/mol. The van der Waals surface area contributed by atoms with Gasteiger partial charge in [0.15, 0.2) is 0 Å². The monoisotopic (exact) mass is 231 g/mol.